The Morgan fingerprint density at radius 1 is 1.32 bits per heavy atom. The summed E-state index contributed by atoms with van der Waals surface area (Å²) >= 11 is 0. The van der Waals surface area contributed by atoms with E-state index in [1.165, 1.54) is 0 Å². The molecule has 0 atom stereocenters. The molecule has 1 aromatic rings. The number of nitrogens with two attached hydrogens (primary N) is 1. The molecule has 0 bridgehead atoms. The van der Waals surface area contributed by atoms with Crippen LogP contribution in [0.25, 0.3) is 0 Å². The van der Waals surface area contributed by atoms with E-state index in [4.69, 9.17) is 5.73 Å². The molecule has 4 heteroatoms. The van der Waals surface area contributed by atoms with Gasteiger partial charge in [0.15, 0.2) is 0 Å². The van der Waals surface area contributed by atoms with E-state index < -0.39 is 0 Å². The zero-order valence-corrected chi connectivity index (χ0v) is 11.6. The van der Waals surface area contributed by atoms with E-state index in [-0.39, 0.29) is 5.91 Å². The Hall–Kier alpha value is -1.55. The van der Waals surface area contributed by atoms with Crippen molar-refractivity contribution in [3.05, 3.63) is 29.8 Å². The number of nitrogens with zero attached hydrogens (tertiary/aromatic N) is 2. The summed E-state index contributed by atoms with van der Waals surface area (Å²) in [6.07, 6.45) is 3.18. The van der Waals surface area contributed by atoms with E-state index >= 15 is 0 Å². The number of para-hydroxylation sites is 1. The molecular weight excluding hydrogens is 238 g/mol. The number of amides is 1. The van der Waals surface area contributed by atoms with Crippen molar-refractivity contribution in [2.24, 2.45) is 0 Å². The highest BCUT2D eigenvalue weighted by Gasteiger charge is 2.18. The molecule has 0 radical (unpaired) electrons. The maximum atomic E-state index is 12.0. The van der Waals surface area contributed by atoms with Crippen molar-refractivity contribution in [2.75, 3.05) is 39.0 Å². The minimum absolute atomic E-state index is 0.251. The highest BCUT2D eigenvalue weighted by molar-refractivity contribution is 5.78. The topological polar surface area (TPSA) is 49.6 Å². The molecule has 1 fully saturated rings. The Bertz CT molecular complexity index is 427. The maximum Gasteiger partial charge on any atom is 0.236 e. The van der Waals surface area contributed by atoms with Crippen LogP contribution < -0.4 is 5.73 Å². The van der Waals surface area contributed by atoms with Gasteiger partial charge in [-0.2, -0.15) is 0 Å². The third-order valence-electron chi connectivity index (χ3n) is 3.68. The van der Waals surface area contributed by atoms with Gasteiger partial charge < -0.3 is 10.6 Å². The fourth-order valence-corrected chi connectivity index (χ4v) is 2.45. The largest absolute Gasteiger partial charge is 0.399 e. The zero-order valence-electron chi connectivity index (χ0n) is 11.6. The van der Waals surface area contributed by atoms with Crippen LogP contribution in [0.1, 0.15) is 18.4 Å². The Balaban J connectivity index is 1.76. The fraction of sp³-hybridized carbons (Fsp3) is 0.533. The van der Waals surface area contributed by atoms with Crippen LogP contribution in [0.15, 0.2) is 24.3 Å². The van der Waals surface area contributed by atoms with Gasteiger partial charge in [-0.3, -0.25) is 9.69 Å². The highest BCUT2D eigenvalue weighted by Crippen LogP contribution is 2.12. The fourth-order valence-electron chi connectivity index (χ4n) is 2.45. The lowest BCUT2D eigenvalue weighted by Gasteiger charge is -2.21. The van der Waals surface area contributed by atoms with Gasteiger partial charge in [0, 0.05) is 25.3 Å². The molecule has 1 saturated heterocycles. The molecule has 0 saturated carbocycles. The van der Waals surface area contributed by atoms with Crippen molar-refractivity contribution in [1.82, 2.24) is 9.80 Å². The first kappa shape index (κ1) is 13.9. The average molecular weight is 261 g/mol. The van der Waals surface area contributed by atoms with E-state index in [1.54, 1.807) is 0 Å². The lowest BCUT2D eigenvalue weighted by molar-refractivity contribution is -0.131. The molecule has 1 heterocycles. The normalized spacial score (nSPS) is 15.2. The summed E-state index contributed by atoms with van der Waals surface area (Å²) in [4.78, 5) is 16.0. The summed E-state index contributed by atoms with van der Waals surface area (Å²) < 4.78 is 0. The molecule has 1 amide bonds. The van der Waals surface area contributed by atoms with Crippen molar-refractivity contribution >= 4 is 11.6 Å². The SMILES string of the molecule is CN(CCc1ccccc1N)CC(=O)N1CCCC1. The summed E-state index contributed by atoms with van der Waals surface area (Å²) in [5.41, 5.74) is 7.90. The van der Waals surface area contributed by atoms with Crippen LogP contribution in [-0.2, 0) is 11.2 Å². The molecule has 2 rings (SSSR count). The lowest BCUT2D eigenvalue weighted by atomic mass is 10.1. The van der Waals surface area contributed by atoms with Gasteiger partial charge in [0.25, 0.3) is 0 Å². The first-order valence-electron chi connectivity index (χ1n) is 6.96. The molecule has 1 aromatic carbocycles. The smallest absolute Gasteiger partial charge is 0.236 e. The van der Waals surface area contributed by atoms with Gasteiger partial charge in [0.05, 0.1) is 6.54 Å². The second-order valence-corrected chi connectivity index (χ2v) is 5.27. The van der Waals surface area contributed by atoms with Crippen molar-refractivity contribution in [1.29, 1.82) is 0 Å². The maximum absolute atomic E-state index is 12.0. The Morgan fingerprint density at radius 3 is 2.68 bits per heavy atom. The molecule has 0 spiro atoms. The number of hydrogen-bond donors (Lipinski definition) is 1. The first-order valence-corrected chi connectivity index (χ1v) is 6.96. The minimum atomic E-state index is 0.251. The van der Waals surface area contributed by atoms with Crippen LogP contribution in [0, 0.1) is 0 Å². The van der Waals surface area contributed by atoms with Crippen molar-refractivity contribution in [3.63, 3.8) is 0 Å². The number of hydrogen-bond acceptors (Lipinski definition) is 3. The molecule has 1 aliphatic heterocycles. The number of carbonyl (C=O) groups is 1. The van der Waals surface area contributed by atoms with Gasteiger partial charge >= 0.3 is 0 Å². The average Bonchev–Trinajstić information content (AvgIpc) is 2.91. The van der Waals surface area contributed by atoms with Gasteiger partial charge in [-0.15, -0.1) is 0 Å². The van der Waals surface area contributed by atoms with Crippen LogP contribution in [0.2, 0.25) is 0 Å². The van der Waals surface area contributed by atoms with Gasteiger partial charge in [0.2, 0.25) is 5.91 Å². The summed E-state index contributed by atoms with van der Waals surface area (Å²) in [6, 6.07) is 7.91. The number of rotatable bonds is 5. The number of carbonyl (C=O) groups excluding carboxylic acids is 1. The monoisotopic (exact) mass is 261 g/mol. The Morgan fingerprint density at radius 2 is 2.00 bits per heavy atom. The van der Waals surface area contributed by atoms with Crippen molar-refractivity contribution < 1.29 is 4.79 Å². The van der Waals surface area contributed by atoms with E-state index in [1.807, 2.05) is 36.2 Å². The Labute approximate surface area is 115 Å². The molecule has 0 aromatic heterocycles. The highest BCUT2D eigenvalue weighted by atomic mass is 16.2. The van der Waals surface area contributed by atoms with Gasteiger partial charge in [-0.25, -0.2) is 0 Å². The number of nitrogen functional groups attached to an aromatic ring is 1. The van der Waals surface area contributed by atoms with Gasteiger partial charge in [0.1, 0.15) is 0 Å². The predicted molar refractivity (Wildman–Crippen MR) is 77.9 cm³/mol. The van der Waals surface area contributed by atoms with E-state index in [9.17, 15) is 4.79 Å². The van der Waals surface area contributed by atoms with Crippen LogP contribution in [0.5, 0.6) is 0 Å². The quantitative estimate of drug-likeness (QED) is 0.814. The number of likely N-dealkylation sites (N-methyl/N-ethyl adjacent to an activating group) is 1. The molecular formula is C15H23N3O. The number of benzene rings is 1. The number of anilines is 1. The molecule has 1 aliphatic rings. The number of likely N-dealkylation sites (tertiary alicyclic amines) is 1. The molecule has 2 N–H and O–H groups in total. The Kier molecular flexibility index (Phi) is 4.80. The zero-order chi connectivity index (χ0) is 13.7. The summed E-state index contributed by atoms with van der Waals surface area (Å²) in [5.74, 6) is 0.251. The van der Waals surface area contributed by atoms with Gasteiger partial charge in [-0.1, -0.05) is 18.2 Å². The predicted octanol–water partition coefficient (Wildman–Crippen LogP) is 1.37. The third kappa shape index (κ3) is 3.96. The van der Waals surface area contributed by atoms with Gasteiger partial charge in [-0.05, 0) is 37.9 Å². The van der Waals surface area contributed by atoms with Crippen LogP contribution in [0.3, 0.4) is 0 Å². The van der Waals surface area contributed by atoms with E-state index in [0.717, 1.165) is 50.1 Å². The second-order valence-electron chi connectivity index (χ2n) is 5.27. The summed E-state index contributed by atoms with van der Waals surface area (Å²) in [6.45, 7) is 3.22. The molecule has 104 valence electrons. The van der Waals surface area contributed by atoms with E-state index in [0.29, 0.717) is 6.54 Å². The molecule has 19 heavy (non-hydrogen) atoms. The molecule has 0 unspecified atom stereocenters. The van der Waals surface area contributed by atoms with Crippen LogP contribution in [0.4, 0.5) is 5.69 Å². The van der Waals surface area contributed by atoms with E-state index in [2.05, 4.69) is 4.90 Å². The first-order chi connectivity index (χ1) is 9.16. The third-order valence-corrected chi connectivity index (χ3v) is 3.68. The second kappa shape index (κ2) is 6.57. The van der Waals surface area contributed by atoms with Crippen molar-refractivity contribution in [3.8, 4) is 0 Å². The minimum Gasteiger partial charge on any atom is -0.399 e. The van der Waals surface area contributed by atoms with Crippen molar-refractivity contribution in [2.45, 2.75) is 19.3 Å². The van der Waals surface area contributed by atoms with Crippen LogP contribution >= 0.6 is 0 Å². The van der Waals surface area contributed by atoms with Crippen LogP contribution in [-0.4, -0.2) is 48.9 Å². The standard InChI is InChI=1S/C15H23N3O/c1-17(12-15(19)18-9-4-5-10-18)11-8-13-6-2-3-7-14(13)16/h2-3,6-7H,4-5,8-12,16H2,1H3. The lowest BCUT2D eigenvalue weighted by Crippen LogP contribution is -2.37. The molecule has 4 nitrogen and oxygen atoms in total. The summed E-state index contributed by atoms with van der Waals surface area (Å²) in [5, 5.41) is 0. The molecule has 0 aliphatic carbocycles. The summed E-state index contributed by atoms with van der Waals surface area (Å²) in [7, 11) is 1.99.